The molecule has 0 rings (SSSR count). The van der Waals surface area contributed by atoms with Gasteiger partial charge in [-0.15, -0.1) is 0 Å². The SMILES string of the molecule is CCCCCCCCCCCCCCCCCC=CC(=O)C(O)C(O)CO. The minimum Gasteiger partial charge on any atom is -0.394 e. The fourth-order valence-corrected chi connectivity index (χ4v) is 3.22. The van der Waals surface area contributed by atoms with Crippen molar-refractivity contribution in [3.8, 4) is 0 Å². The third kappa shape index (κ3) is 17.1. The van der Waals surface area contributed by atoms with Crippen LogP contribution in [0.15, 0.2) is 12.2 Å². The first-order valence-corrected chi connectivity index (χ1v) is 11.3. The van der Waals surface area contributed by atoms with E-state index in [4.69, 9.17) is 5.11 Å². The van der Waals surface area contributed by atoms with Crippen molar-refractivity contribution >= 4 is 5.78 Å². The summed E-state index contributed by atoms with van der Waals surface area (Å²) >= 11 is 0. The van der Waals surface area contributed by atoms with Crippen LogP contribution in [0.4, 0.5) is 0 Å². The van der Waals surface area contributed by atoms with Crippen LogP contribution < -0.4 is 0 Å². The van der Waals surface area contributed by atoms with E-state index in [1.807, 2.05) is 0 Å². The number of allylic oxidation sites excluding steroid dienone is 1. The Morgan fingerprint density at radius 3 is 1.56 bits per heavy atom. The van der Waals surface area contributed by atoms with Gasteiger partial charge in [0.2, 0.25) is 0 Å². The summed E-state index contributed by atoms with van der Waals surface area (Å²) in [6.45, 7) is 1.65. The number of rotatable bonds is 20. The van der Waals surface area contributed by atoms with E-state index in [1.54, 1.807) is 6.08 Å². The maximum Gasteiger partial charge on any atom is 0.186 e. The highest BCUT2D eigenvalue weighted by molar-refractivity contribution is 5.93. The van der Waals surface area contributed by atoms with Crippen LogP contribution in [0.3, 0.4) is 0 Å². The second-order valence-electron chi connectivity index (χ2n) is 7.74. The number of unbranched alkanes of at least 4 members (excludes halogenated alkanes) is 15. The molecule has 2 atom stereocenters. The monoisotopic (exact) mass is 384 g/mol. The molecule has 0 bridgehead atoms. The lowest BCUT2D eigenvalue weighted by atomic mass is 10.0. The van der Waals surface area contributed by atoms with Crippen LogP contribution in [-0.4, -0.2) is 39.9 Å². The number of aliphatic hydroxyl groups excluding tert-OH is 3. The third-order valence-corrected chi connectivity index (χ3v) is 5.10. The van der Waals surface area contributed by atoms with Gasteiger partial charge in [-0.05, 0) is 18.9 Å². The predicted octanol–water partition coefficient (Wildman–Crippen LogP) is 5.09. The highest BCUT2D eigenvalue weighted by Crippen LogP contribution is 2.13. The number of hydrogen-bond acceptors (Lipinski definition) is 4. The topological polar surface area (TPSA) is 77.8 Å². The third-order valence-electron chi connectivity index (χ3n) is 5.10. The molecule has 0 aliphatic rings. The lowest BCUT2D eigenvalue weighted by Crippen LogP contribution is -2.35. The zero-order valence-electron chi connectivity index (χ0n) is 17.6. The van der Waals surface area contributed by atoms with Crippen LogP contribution in [-0.2, 0) is 4.79 Å². The normalized spacial score (nSPS) is 13.9. The summed E-state index contributed by atoms with van der Waals surface area (Å²) in [7, 11) is 0. The Labute approximate surface area is 167 Å². The summed E-state index contributed by atoms with van der Waals surface area (Å²) in [5.74, 6) is -0.544. The summed E-state index contributed by atoms with van der Waals surface area (Å²) in [5.41, 5.74) is 0. The van der Waals surface area contributed by atoms with Crippen molar-refractivity contribution in [3.05, 3.63) is 12.2 Å². The van der Waals surface area contributed by atoms with Gasteiger partial charge >= 0.3 is 0 Å². The van der Waals surface area contributed by atoms with Gasteiger partial charge in [-0.1, -0.05) is 103 Å². The van der Waals surface area contributed by atoms with Crippen molar-refractivity contribution in [2.75, 3.05) is 6.61 Å². The van der Waals surface area contributed by atoms with Crippen LogP contribution in [0.5, 0.6) is 0 Å². The number of carbonyl (C=O) groups is 1. The molecule has 0 saturated carbocycles. The molecule has 0 saturated heterocycles. The molecule has 3 N–H and O–H groups in total. The van der Waals surface area contributed by atoms with Gasteiger partial charge in [0, 0.05) is 0 Å². The number of aliphatic hydroxyl groups is 3. The van der Waals surface area contributed by atoms with E-state index in [2.05, 4.69) is 6.92 Å². The van der Waals surface area contributed by atoms with E-state index in [0.29, 0.717) is 0 Å². The first-order valence-electron chi connectivity index (χ1n) is 11.3. The smallest absolute Gasteiger partial charge is 0.186 e. The maximum absolute atomic E-state index is 11.5. The number of hydrogen-bond donors (Lipinski definition) is 3. The van der Waals surface area contributed by atoms with E-state index in [9.17, 15) is 15.0 Å². The van der Waals surface area contributed by atoms with E-state index in [-0.39, 0.29) is 0 Å². The molecule has 27 heavy (non-hydrogen) atoms. The van der Waals surface area contributed by atoms with Crippen molar-refractivity contribution in [1.82, 2.24) is 0 Å². The molecule has 0 heterocycles. The van der Waals surface area contributed by atoms with Gasteiger partial charge in [0.1, 0.15) is 12.2 Å². The molecule has 4 nitrogen and oxygen atoms in total. The summed E-state index contributed by atoms with van der Waals surface area (Å²) < 4.78 is 0. The Kier molecular flexibility index (Phi) is 19.5. The van der Waals surface area contributed by atoms with Crippen molar-refractivity contribution in [2.24, 2.45) is 0 Å². The minimum absolute atomic E-state index is 0.544. The lowest BCUT2D eigenvalue weighted by Gasteiger charge is -2.11. The molecule has 0 amide bonds. The molecule has 2 unspecified atom stereocenters. The van der Waals surface area contributed by atoms with Crippen molar-refractivity contribution in [3.63, 3.8) is 0 Å². The van der Waals surface area contributed by atoms with Crippen LogP contribution in [0.2, 0.25) is 0 Å². The summed E-state index contributed by atoms with van der Waals surface area (Å²) in [6, 6.07) is 0. The quantitative estimate of drug-likeness (QED) is 0.202. The summed E-state index contributed by atoms with van der Waals surface area (Å²) in [4.78, 5) is 11.5. The average molecular weight is 385 g/mol. The van der Waals surface area contributed by atoms with Crippen molar-refractivity contribution < 1.29 is 20.1 Å². The molecule has 0 aromatic carbocycles. The average Bonchev–Trinajstić information content (AvgIpc) is 2.68. The molecule has 0 aromatic rings. The van der Waals surface area contributed by atoms with Gasteiger partial charge in [0.25, 0.3) is 0 Å². The molecule has 0 radical (unpaired) electrons. The van der Waals surface area contributed by atoms with E-state index < -0.39 is 24.6 Å². The minimum atomic E-state index is -1.52. The Bertz CT molecular complexity index is 354. The fraction of sp³-hybridized carbons (Fsp3) is 0.870. The largest absolute Gasteiger partial charge is 0.394 e. The van der Waals surface area contributed by atoms with Gasteiger partial charge in [-0.3, -0.25) is 4.79 Å². The molecule has 0 spiro atoms. The second kappa shape index (κ2) is 20.0. The number of carbonyl (C=O) groups excluding carboxylic acids is 1. The van der Waals surface area contributed by atoms with E-state index in [0.717, 1.165) is 19.3 Å². The Balaban J connectivity index is 3.29. The predicted molar refractivity (Wildman–Crippen MR) is 113 cm³/mol. The molecule has 0 aromatic heterocycles. The molecule has 4 heteroatoms. The van der Waals surface area contributed by atoms with Gasteiger partial charge in [0.15, 0.2) is 5.78 Å². The Morgan fingerprint density at radius 1 is 0.741 bits per heavy atom. The maximum atomic E-state index is 11.5. The van der Waals surface area contributed by atoms with Gasteiger partial charge < -0.3 is 15.3 Å². The molecule has 0 aliphatic heterocycles. The Morgan fingerprint density at radius 2 is 1.15 bits per heavy atom. The van der Waals surface area contributed by atoms with Gasteiger partial charge in [-0.2, -0.15) is 0 Å². The molecule has 160 valence electrons. The highest BCUT2D eigenvalue weighted by Gasteiger charge is 2.20. The summed E-state index contributed by atoms with van der Waals surface area (Å²) in [6.07, 6.45) is 20.9. The van der Waals surface area contributed by atoms with E-state index >= 15 is 0 Å². The van der Waals surface area contributed by atoms with Crippen LogP contribution >= 0.6 is 0 Å². The first kappa shape index (κ1) is 26.3. The molecular weight excluding hydrogens is 340 g/mol. The number of ketones is 1. The van der Waals surface area contributed by atoms with Crippen LogP contribution in [0, 0.1) is 0 Å². The second-order valence-corrected chi connectivity index (χ2v) is 7.74. The molecule has 0 fully saturated rings. The van der Waals surface area contributed by atoms with Crippen LogP contribution in [0.25, 0.3) is 0 Å². The van der Waals surface area contributed by atoms with Gasteiger partial charge in [0.05, 0.1) is 6.61 Å². The fourth-order valence-electron chi connectivity index (χ4n) is 3.22. The standard InChI is InChI=1S/C23H44O4/c1-2-3-4-5-6-7-8-9-10-11-12-13-14-15-16-17-18-19-21(25)23(27)22(26)20-24/h18-19,22-24,26-27H,2-17,20H2,1H3. The zero-order chi connectivity index (χ0) is 20.2. The molecule has 0 aliphatic carbocycles. The highest BCUT2D eigenvalue weighted by atomic mass is 16.4. The van der Waals surface area contributed by atoms with Crippen molar-refractivity contribution in [2.45, 2.75) is 122 Å². The van der Waals surface area contributed by atoms with Crippen LogP contribution in [0.1, 0.15) is 110 Å². The first-order chi connectivity index (χ1) is 13.1. The Hall–Kier alpha value is -0.710. The van der Waals surface area contributed by atoms with Gasteiger partial charge in [-0.25, -0.2) is 0 Å². The van der Waals surface area contributed by atoms with Crippen molar-refractivity contribution in [1.29, 1.82) is 0 Å². The lowest BCUT2D eigenvalue weighted by molar-refractivity contribution is -0.129. The molecular formula is C23H44O4. The van der Waals surface area contributed by atoms with E-state index in [1.165, 1.54) is 89.5 Å². The zero-order valence-corrected chi connectivity index (χ0v) is 17.6. The summed E-state index contributed by atoms with van der Waals surface area (Å²) in [5, 5.41) is 27.3.